The molecule has 1 saturated heterocycles. The second kappa shape index (κ2) is 5.72. The SMILES string of the molecule is CCCCN1CCCNCC(C)(C)C1. The molecule has 2 nitrogen and oxygen atoms in total. The second-order valence-corrected chi connectivity index (χ2v) is 5.32. The molecule has 0 aromatic carbocycles. The molecule has 0 spiro atoms. The van der Waals surface area contributed by atoms with Crippen LogP contribution in [0.15, 0.2) is 0 Å². The monoisotopic (exact) mass is 198 g/mol. The van der Waals surface area contributed by atoms with Gasteiger partial charge in [0.05, 0.1) is 0 Å². The molecule has 84 valence electrons. The first-order valence-corrected chi connectivity index (χ1v) is 6.07. The van der Waals surface area contributed by atoms with E-state index < -0.39 is 0 Å². The first-order chi connectivity index (χ1) is 6.64. The molecule has 0 aromatic rings. The Morgan fingerprint density at radius 1 is 1.36 bits per heavy atom. The normalized spacial score (nSPS) is 24.2. The zero-order chi connectivity index (χ0) is 10.4. The molecule has 0 bridgehead atoms. The molecule has 0 aliphatic carbocycles. The second-order valence-electron chi connectivity index (χ2n) is 5.32. The van der Waals surface area contributed by atoms with Gasteiger partial charge >= 0.3 is 0 Å². The number of nitrogens with zero attached hydrogens (tertiary/aromatic N) is 1. The minimum absolute atomic E-state index is 0.439. The first kappa shape index (κ1) is 12.0. The Balaban J connectivity index is 2.38. The summed E-state index contributed by atoms with van der Waals surface area (Å²) in [4.78, 5) is 2.64. The average molecular weight is 198 g/mol. The highest BCUT2D eigenvalue weighted by Gasteiger charge is 2.22. The zero-order valence-electron chi connectivity index (χ0n) is 10.1. The molecule has 2 heteroatoms. The van der Waals surface area contributed by atoms with Crippen molar-refractivity contribution in [3.05, 3.63) is 0 Å². The lowest BCUT2D eigenvalue weighted by atomic mass is 9.91. The van der Waals surface area contributed by atoms with Crippen molar-refractivity contribution in [3.63, 3.8) is 0 Å². The molecule has 1 aliphatic rings. The number of hydrogen-bond donors (Lipinski definition) is 1. The van der Waals surface area contributed by atoms with E-state index in [1.165, 1.54) is 45.4 Å². The molecule has 0 radical (unpaired) electrons. The van der Waals surface area contributed by atoms with Gasteiger partial charge in [-0.1, -0.05) is 27.2 Å². The van der Waals surface area contributed by atoms with Crippen molar-refractivity contribution < 1.29 is 0 Å². The number of rotatable bonds is 3. The molecule has 1 aliphatic heterocycles. The quantitative estimate of drug-likeness (QED) is 0.747. The predicted molar refractivity (Wildman–Crippen MR) is 62.6 cm³/mol. The van der Waals surface area contributed by atoms with E-state index in [0.29, 0.717) is 5.41 Å². The van der Waals surface area contributed by atoms with E-state index in [-0.39, 0.29) is 0 Å². The van der Waals surface area contributed by atoms with Crippen LogP contribution in [-0.4, -0.2) is 37.6 Å². The van der Waals surface area contributed by atoms with E-state index in [1.807, 2.05) is 0 Å². The lowest BCUT2D eigenvalue weighted by Crippen LogP contribution is -2.44. The summed E-state index contributed by atoms with van der Waals surface area (Å²) in [5.74, 6) is 0. The van der Waals surface area contributed by atoms with Crippen LogP contribution in [-0.2, 0) is 0 Å². The van der Waals surface area contributed by atoms with Crippen molar-refractivity contribution in [2.45, 2.75) is 40.0 Å². The molecule has 1 fully saturated rings. The summed E-state index contributed by atoms with van der Waals surface area (Å²) >= 11 is 0. The van der Waals surface area contributed by atoms with Crippen LogP contribution in [0.2, 0.25) is 0 Å². The lowest BCUT2D eigenvalue weighted by molar-refractivity contribution is 0.155. The van der Waals surface area contributed by atoms with Gasteiger partial charge in [-0.25, -0.2) is 0 Å². The molecule has 1 rings (SSSR count). The fourth-order valence-electron chi connectivity index (χ4n) is 2.17. The maximum Gasteiger partial charge on any atom is 0.00448 e. The van der Waals surface area contributed by atoms with Gasteiger partial charge in [-0.05, 0) is 37.9 Å². The molecular formula is C12H26N2. The fourth-order valence-corrected chi connectivity index (χ4v) is 2.17. The van der Waals surface area contributed by atoms with Crippen molar-refractivity contribution in [2.75, 3.05) is 32.7 Å². The summed E-state index contributed by atoms with van der Waals surface area (Å²) in [5.41, 5.74) is 0.439. The minimum Gasteiger partial charge on any atom is -0.316 e. The third-order valence-electron chi connectivity index (χ3n) is 2.91. The minimum atomic E-state index is 0.439. The van der Waals surface area contributed by atoms with Gasteiger partial charge in [-0.3, -0.25) is 0 Å². The molecule has 14 heavy (non-hydrogen) atoms. The highest BCUT2D eigenvalue weighted by atomic mass is 15.1. The van der Waals surface area contributed by atoms with Gasteiger partial charge in [-0.15, -0.1) is 0 Å². The Morgan fingerprint density at radius 3 is 2.86 bits per heavy atom. The van der Waals surface area contributed by atoms with Crippen LogP contribution in [0.25, 0.3) is 0 Å². The topological polar surface area (TPSA) is 15.3 Å². The van der Waals surface area contributed by atoms with Crippen LogP contribution in [0, 0.1) is 5.41 Å². The Hall–Kier alpha value is -0.0800. The Kier molecular flexibility index (Phi) is 4.90. The van der Waals surface area contributed by atoms with Crippen LogP contribution in [0.4, 0.5) is 0 Å². The zero-order valence-corrected chi connectivity index (χ0v) is 10.1. The van der Waals surface area contributed by atoms with Gasteiger partial charge < -0.3 is 10.2 Å². The highest BCUT2D eigenvalue weighted by Crippen LogP contribution is 2.17. The number of hydrogen-bond acceptors (Lipinski definition) is 2. The van der Waals surface area contributed by atoms with Gasteiger partial charge in [0.1, 0.15) is 0 Å². The molecule has 1 heterocycles. The molecule has 0 saturated carbocycles. The van der Waals surface area contributed by atoms with Gasteiger partial charge in [0.15, 0.2) is 0 Å². The van der Waals surface area contributed by atoms with Crippen LogP contribution < -0.4 is 5.32 Å². The standard InChI is InChI=1S/C12H26N2/c1-4-5-8-14-9-6-7-13-10-12(2,3)11-14/h13H,4-11H2,1-3H3. The van der Waals surface area contributed by atoms with Crippen molar-refractivity contribution in [3.8, 4) is 0 Å². The third kappa shape index (κ3) is 4.43. The highest BCUT2D eigenvalue weighted by molar-refractivity contribution is 4.78. The van der Waals surface area contributed by atoms with Crippen molar-refractivity contribution >= 4 is 0 Å². The summed E-state index contributed by atoms with van der Waals surface area (Å²) in [6, 6.07) is 0. The molecule has 0 unspecified atom stereocenters. The largest absolute Gasteiger partial charge is 0.316 e. The van der Waals surface area contributed by atoms with Crippen LogP contribution in [0.5, 0.6) is 0 Å². The van der Waals surface area contributed by atoms with E-state index in [9.17, 15) is 0 Å². The summed E-state index contributed by atoms with van der Waals surface area (Å²) in [7, 11) is 0. The summed E-state index contributed by atoms with van der Waals surface area (Å²) in [5, 5.41) is 3.53. The Morgan fingerprint density at radius 2 is 2.14 bits per heavy atom. The molecule has 0 atom stereocenters. The number of unbranched alkanes of at least 4 members (excludes halogenated alkanes) is 1. The summed E-state index contributed by atoms with van der Waals surface area (Å²) in [6.45, 7) is 13.2. The van der Waals surface area contributed by atoms with E-state index in [0.717, 1.165) is 6.54 Å². The fraction of sp³-hybridized carbons (Fsp3) is 1.00. The van der Waals surface area contributed by atoms with E-state index in [4.69, 9.17) is 0 Å². The van der Waals surface area contributed by atoms with Gasteiger partial charge in [0.25, 0.3) is 0 Å². The lowest BCUT2D eigenvalue weighted by Gasteiger charge is -2.35. The van der Waals surface area contributed by atoms with Crippen LogP contribution >= 0.6 is 0 Å². The van der Waals surface area contributed by atoms with Gasteiger partial charge in [0.2, 0.25) is 0 Å². The smallest absolute Gasteiger partial charge is 0.00448 e. The van der Waals surface area contributed by atoms with E-state index in [1.54, 1.807) is 0 Å². The van der Waals surface area contributed by atoms with Crippen molar-refractivity contribution in [1.29, 1.82) is 0 Å². The van der Waals surface area contributed by atoms with E-state index >= 15 is 0 Å². The van der Waals surface area contributed by atoms with Crippen molar-refractivity contribution in [1.82, 2.24) is 10.2 Å². The number of nitrogens with one attached hydrogen (secondary N) is 1. The maximum absolute atomic E-state index is 3.53. The van der Waals surface area contributed by atoms with Crippen molar-refractivity contribution in [2.24, 2.45) is 5.41 Å². The first-order valence-electron chi connectivity index (χ1n) is 6.07. The molecule has 0 aromatic heterocycles. The van der Waals surface area contributed by atoms with Crippen LogP contribution in [0.1, 0.15) is 40.0 Å². The summed E-state index contributed by atoms with van der Waals surface area (Å²) < 4.78 is 0. The van der Waals surface area contributed by atoms with Gasteiger partial charge in [0, 0.05) is 13.1 Å². The Labute approximate surface area is 89.1 Å². The van der Waals surface area contributed by atoms with Crippen LogP contribution in [0.3, 0.4) is 0 Å². The average Bonchev–Trinajstić information content (AvgIpc) is 2.09. The molecule has 1 N–H and O–H groups in total. The third-order valence-corrected chi connectivity index (χ3v) is 2.91. The Bertz CT molecular complexity index is 152. The summed E-state index contributed by atoms with van der Waals surface area (Å²) in [6.07, 6.45) is 3.97. The molecule has 0 amide bonds. The van der Waals surface area contributed by atoms with E-state index in [2.05, 4.69) is 31.0 Å². The predicted octanol–water partition coefficient (Wildman–Crippen LogP) is 2.11. The van der Waals surface area contributed by atoms with Gasteiger partial charge in [-0.2, -0.15) is 0 Å². The molecular weight excluding hydrogens is 172 g/mol. The maximum atomic E-state index is 3.53.